The van der Waals surface area contributed by atoms with Crippen LogP contribution in [-0.4, -0.2) is 23.1 Å². The number of amides is 1. The summed E-state index contributed by atoms with van der Waals surface area (Å²) < 4.78 is 5.13. The fraction of sp³-hybridized carbons (Fsp3) is 0.438. The molecule has 0 atom stereocenters. The van der Waals surface area contributed by atoms with E-state index in [4.69, 9.17) is 4.52 Å². The van der Waals surface area contributed by atoms with Gasteiger partial charge in [-0.15, -0.1) is 0 Å². The topological polar surface area (TPSA) is 59.2 Å². The third kappa shape index (κ3) is 2.44. The predicted octanol–water partition coefficient (Wildman–Crippen LogP) is 2.84. The molecular formula is C16H19N3O2. The number of aryl methyl sites for hydroxylation is 4. The maximum atomic E-state index is 12.6. The largest absolute Gasteiger partial charge is 0.359 e. The molecule has 1 aliphatic rings. The molecule has 1 amide bonds. The van der Waals surface area contributed by atoms with E-state index in [0.717, 1.165) is 30.6 Å². The highest BCUT2D eigenvalue weighted by atomic mass is 16.5. The molecule has 2 aromatic heterocycles. The molecule has 0 fully saturated rings. The number of nitrogens with zero attached hydrogens (tertiary/aromatic N) is 3. The van der Waals surface area contributed by atoms with Gasteiger partial charge in [0.25, 0.3) is 5.91 Å². The van der Waals surface area contributed by atoms with E-state index < -0.39 is 0 Å². The van der Waals surface area contributed by atoms with Crippen molar-refractivity contribution in [3.63, 3.8) is 0 Å². The Labute approximate surface area is 124 Å². The van der Waals surface area contributed by atoms with Crippen LogP contribution in [-0.2, 0) is 12.8 Å². The molecule has 2 aromatic rings. The van der Waals surface area contributed by atoms with E-state index in [1.165, 1.54) is 12.0 Å². The Morgan fingerprint density at radius 1 is 1.24 bits per heavy atom. The summed E-state index contributed by atoms with van der Waals surface area (Å²) >= 11 is 0. The van der Waals surface area contributed by atoms with Gasteiger partial charge in [-0.2, -0.15) is 0 Å². The molecule has 110 valence electrons. The smallest absolute Gasteiger partial charge is 0.276 e. The Balaban J connectivity index is 1.91. The maximum Gasteiger partial charge on any atom is 0.276 e. The van der Waals surface area contributed by atoms with Crippen LogP contribution < -0.4 is 4.90 Å². The van der Waals surface area contributed by atoms with Crippen LogP contribution in [0.1, 0.15) is 46.0 Å². The lowest BCUT2D eigenvalue weighted by atomic mass is 9.96. The van der Waals surface area contributed by atoms with Crippen molar-refractivity contribution in [3.05, 3.63) is 40.5 Å². The Bertz CT molecular complexity index is 671. The lowest BCUT2D eigenvalue weighted by Crippen LogP contribution is -2.28. The van der Waals surface area contributed by atoms with Gasteiger partial charge in [0.2, 0.25) is 0 Å². The van der Waals surface area contributed by atoms with Crippen molar-refractivity contribution in [1.29, 1.82) is 0 Å². The second kappa shape index (κ2) is 5.31. The number of hydrogen-bond donors (Lipinski definition) is 0. The number of aromatic nitrogens is 2. The molecule has 0 aromatic carbocycles. The minimum Gasteiger partial charge on any atom is -0.359 e. The molecule has 0 saturated carbocycles. The number of carbonyl (C=O) groups excluding carboxylic acids is 1. The maximum absolute atomic E-state index is 12.6. The lowest BCUT2D eigenvalue weighted by Gasteiger charge is -2.19. The minimum absolute atomic E-state index is 0.127. The van der Waals surface area contributed by atoms with Crippen molar-refractivity contribution in [2.45, 2.75) is 39.5 Å². The Kier molecular flexibility index (Phi) is 3.49. The molecule has 2 heterocycles. The van der Waals surface area contributed by atoms with Gasteiger partial charge in [-0.1, -0.05) is 11.2 Å². The van der Waals surface area contributed by atoms with Crippen molar-refractivity contribution in [3.8, 4) is 0 Å². The monoisotopic (exact) mass is 285 g/mol. The summed E-state index contributed by atoms with van der Waals surface area (Å²) in [5.74, 6) is 0.513. The summed E-state index contributed by atoms with van der Waals surface area (Å²) in [5, 5.41) is 3.89. The molecule has 3 rings (SSSR count). The number of rotatable bonds is 2. The van der Waals surface area contributed by atoms with Crippen LogP contribution in [0.2, 0.25) is 0 Å². The average molecular weight is 285 g/mol. The number of pyridine rings is 1. The lowest BCUT2D eigenvalue weighted by molar-refractivity contribution is 0.0987. The molecule has 5 heteroatoms. The number of fused-ring (bicyclic) bond motifs is 1. The fourth-order valence-corrected chi connectivity index (χ4v) is 2.93. The highest BCUT2D eigenvalue weighted by molar-refractivity contribution is 6.05. The Hall–Kier alpha value is -2.17. The van der Waals surface area contributed by atoms with Crippen molar-refractivity contribution in [2.75, 3.05) is 11.9 Å². The van der Waals surface area contributed by atoms with E-state index in [1.807, 2.05) is 19.1 Å². The first-order valence-corrected chi connectivity index (χ1v) is 7.27. The molecule has 0 radical (unpaired) electrons. The zero-order valence-electron chi connectivity index (χ0n) is 12.6. The summed E-state index contributed by atoms with van der Waals surface area (Å²) in [6.45, 7) is 3.63. The molecule has 1 aliphatic carbocycles. The zero-order valence-corrected chi connectivity index (χ0v) is 12.6. The standard InChI is InChI=1S/C16H19N3O2/c1-10-15(11(2)21-18-10)19(3)16(20)14-9-8-12-6-4-5-7-13(12)17-14/h8-9H,4-7H2,1-3H3. The van der Waals surface area contributed by atoms with Crippen molar-refractivity contribution in [1.82, 2.24) is 10.1 Å². The summed E-state index contributed by atoms with van der Waals surface area (Å²) in [6, 6.07) is 3.86. The van der Waals surface area contributed by atoms with Gasteiger partial charge < -0.3 is 9.42 Å². The molecular weight excluding hydrogens is 266 g/mol. The van der Waals surface area contributed by atoms with E-state index in [0.29, 0.717) is 17.1 Å². The molecule has 0 unspecified atom stereocenters. The van der Waals surface area contributed by atoms with Crippen LogP contribution >= 0.6 is 0 Å². The predicted molar refractivity (Wildman–Crippen MR) is 79.6 cm³/mol. The van der Waals surface area contributed by atoms with Crippen LogP contribution in [0.5, 0.6) is 0 Å². The van der Waals surface area contributed by atoms with Gasteiger partial charge in [0, 0.05) is 12.7 Å². The highest BCUT2D eigenvalue weighted by Gasteiger charge is 2.22. The second-order valence-electron chi connectivity index (χ2n) is 5.55. The first kappa shape index (κ1) is 13.8. The van der Waals surface area contributed by atoms with Gasteiger partial charge in [0.05, 0.1) is 0 Å². The first-order chi connectivity index (χ1) is 10.1. The second-order valence-corrected chi connectivity index (χ2v) is 5.55. The van der Waals surface area contributed by atoms with Gasteiger partial charge in [-0.25, -0.2) is 4.98 Å². The summed E-state index contributed by atoms with van der Waals surface area (Å²) in [5.41, 5.74) is 4.26. The number of hydrogen-bond acceptors (Lipinski definition) is 4. The first-order valence-electron chi connectivity index (χ1n) is 7.27. The van der Waals surface area contributed by atoms with Gasteiger partial charge >= 0.3 is 0 Å². The van der Waals surface area contributed by atoms with E-state index in [1.54, 1.807) is 18.9 Å². The number of carbonyl (C=O) groups is 1. The zero-order chi connectivity index (χ0) is 15.0. The van der Waals surface area contributed by atoms with Gasteiger partial charge in [-0.05, 0) is 51.2 Å². The quantitative estimate of drug-likeness (QED) is 0.851. The van der Waals surface area contributed by atoms with Crippen molar-refractivity contribution >= 4 is 11.6 Å². The Morgan fingerprint density at radius 3 is 2.71 bits per heavy atom. The highest BCUT2D eigenvalue weighted by Crippen LogP contribution is 2.25. The molecule has 0 saturated heterocycles. The van der Waals surface area contributed by atoms with Gasteiger partial charge in [-0.3, -0.25) is 4.79 Å². The SMILES string of the molecule is Cc1noc(C)c1N(C)C(=O)c1ccc2c(n1)CCCC2. The molecule has 0 spiro atoms. The Morgan fingerprint density at radius 2 is 2.00 bits per heavy atom. The molecule has 0 N–H and O–H groups in total. The molecule has 0 aliphatic heterocycles. The van der Waals surface area contributed by atoms with Crippen molar-refractivity contribution in [2.24, 2.45) is 0 Å². The van der Waals surface area contributed by atoms with E-state index >= 15 is 0 Å². The third-order valence-corrected chi connectivity index (χ3v) is 4.03. The third-order valence-electron chi connectivity index (χ3n) is 4.03. The van der Waals surface area contributed by atoms with Gasteiger partial charge in [0.15, 0.2) is 5.76 Å². The van der Waals surface area contributed by atoms with E-state index in [2.05, 4.69) is 10.1 Å². The molecule has 5 nitrogen and oxygen atoms in total. The van der Waals surface area contributed by atoms with Crippen LogP contribution in [0, 0.1) is 13.8 Å². The minimum atomic E-state index is -0.127. The van der Waals surface area contributed by atoms with Crippen LogP contribution in [0.4, 0.5) is 5.69 Å². The molecule has 0 bridgehead atoms. The fourth-order valence-electron chi connectivity index (χ4n) is 2.93. The van der Waals surface area contributed by atoms with Crippen LogP contribution in [0.15, 0.2) is 16.7 Å². The van der Waals surface area contributed by atoms with E-state index in [-0.39, 0.29) is 5.91 Å². The summed E-state index contributed by atoms with van der Waals surface area (Å²) in [4.78, 5) is 18.8. The van der Waals surface area contributed by atoms with Gasteiger partial charge in [0.1, 0.15) is 17.1 Å². The average Bonchev–Trinajstić information content (AvgIpc) is 2.84. The number of anilines is 1. The molecule has 21 heavy (non-hydrogen) atoms. The normalized spacial score (nSPS) is 13.9. The summed E-state index contributed by atoms with van der Waals surface area (Å²) in [6.07, 6.45) is 4.39. The van der Waals surface area contributed by atoms with Crippen LogP contribution in [0.25, 0.3) is 0 Å². The summed E-state index contributed by atoms with van der Waals surface area (Å²) in [7, 11) is 1.73. The van der Waals surface area contributed by atoms with Crippen LogP contribution in [0.3, 0.4) is 0 Å². The van der Waals surface area contributed by atoms with Crippen molar-refractivity contribution < 1.29 is 9.32 Å². The van der Waals surface area contributed by atoms with E-state index in [9.17, 15) is 4.79 Å².